The summed E-state index contributed by atoms with van der Waals surface area (Å²) in [5.41, 5.74) is -3.41. The molecule has 8 nitrogen and oxygen atoms in total. The Labute approximate surface area is 220 Å². The van der Waals surface area contributed by atoms with Gasteiger partial charge in [0.05, 0.1) is 17.8 Å². The molecule has 0 saturated heterocycles. The van der Waals surface area contributed by atoms with Crippen molar-refractivity contribution in [2.24, 2.45) is 34.5 Å². The fourth-order valence-corrected chi connectivity index (χ4v) is 8.68. The molecule has 3 saturated carbocycles. The van der Waals surface area contributed by atoms with Crippen LogP contribution < -0.4 is 0 Å². The fourth-order valence-electron chi connectivity index (χ4n) is 8.68. The van der Waals surface area contributed by atoms with Gasteiger partial charge in [-0.3, -0.25) is 4.79 Å². The number of rotatable bonds is 7. The summed E-state index contributed by atoms with van der Waals surface area (Å²) in [5.74, 6) is -1.48. The standard InChI is InChI=1S/C29H46O8/c1-16(2)6-7-24(37-25(34)15-30)28(5,35)23-9-11-29(36)18-12-20(31)19-13-21(32)22(33)14-26(19,3)17(18)8-10-27(23,29)4/h12,16-17,19,21-24,30,32-33,35-36H,6-11,13-15H2,1-5H3/t17?,19-,21+,22-,23-,24+,26+,27+,28+,29+/m0/s1. The van der Waals surface area contributed by atoms with E-state index in [4.69, 9.17) is 4.74 Å². The van der Waals surface area contributed by atoms with E-state index in [1.165, 1.54) is 0 Å². The molecule has 0 amide bonds. The number of aliphatic hydroxyl groups excluding tert-OH is 3. The number of hydrogen-bond donors (Lipinski definition) is 5. The summed E-state index contributed by atoms with van der Waals surface area (Å²) < 4.78 is 5.58. The molecule has 0 aliphatic heterocycles. The molecule has 37 heavy (non-hydrogen) atoms. The third-order valence-electron chi connectivity index (χ3n) is 10.9. The summed E-state index contributed by atoms with van der Waals surface area (Å²) in [6.45, 7) is 9.00. The van der Waals surface area contributed by atoms with E-state index in [0.717, 1.165) is 6.42 Å². The Balaban J connectivity index is 1.69. The SMILES string of the molecule is CC(C)CC[C@@H](OC(=O)CO)[C@](C)(O)[C@H]1CC[C@@]2(O)C3=CC(=O)[C@@H]4C[C@@H](O)[C@@H](O)C[C@]4(C)C3CC[C@]12C. The predicted molar refractivity (Wildman–Crippen MR) is 136 cm³/mol. The number of fused-ring (bicyclic) bond motifs is 5. The highest BCUT2D eigenvalue weighted by molar-refractivity contribution is 5.95. The quantitative estimate of drug-likeness (QED) is 0.320. The summed E-state index contributed by atoms with van der Waals surface area (Å²) in [6, 6.07) is 0. The van der Waals surface area contributed by atoms with Crippen molar-refractivity contribution in [1.82, 2.24) is 0 Å². The molecule has 8 heteroatoms. The lowest BCUT2D eigenvalue weighted by atomic mass is 9.45. The number of esters is 1. The first-order valence-electron chi connectivity index (χ1n) is 14.0. The highest BCUT2D eigenvalue weighted by atomic mass is 16.6. The average molecular weight is 523 g/mol. The minimum absolute atomic E-state index is 0.108. The maximum atomic E-state index is 13.4. The van der Waals surface area contributed by atoms with Crippen LogP contribution in [0.5, 0.6) is 0 Å². The molecular formula is C29H46O8. The first-order valence-corrected chi connectivity index (χ1v) is 14.0. The molecule has 210 valence electrons. The largest absolute Gasteiger partial charge is 0.458 e. The molecule has 3 fully saturated rings. The molecule has 0 aromatic heterocycles. The van der Waals surface area contributed by atoms with Crippen molar-refractivity contribution >= 4 is 11.8 Å². The average Bonchev–Trinajstić information content (AvgIpc) is 3.10. The minimum atomic E-state index is -1.46. The van der Waals surface area contributed by atoms with E-state index in [0.29, 0.717) is 50.0 Å². The number of allylic oxidation sites excluding steroid dienone is 1. The second-order valence-corrected chi connectivity index (χ2v) is 13.4. The van der Waals surface area contributed by atoms with Crippen molar-refractivity contribution in [3.05, 3.63) is 11.6 Å². The van der Waals surface area contributed by atoms with E-state index in [1.807, 2.05) is 13.8 Å². The Morgan fingerprint density at radius 2 is 1.81 bits per heavy atom. The lowest BCUT2D eigenvalue weighted by molar-refractivity contribution is -0.194. The zero-order valence-electron chi connectivity index (χ0n) is 22.9. The second-order valence-electron chi connectivity index (χ2n) is 13.4. The number of carbonyl (C=O) groups is 2. The highest BCUT2D eigenvalue weighted by Gasteiger charge is 2.69. The van der Waals surface area contributed by atoms with Crippen LogP contribution in [0.1, 0.15) is 86.0 Å². The van der Waals surface area contributed by atoms with Gasteiger partial charge in [-0.1, -0.05) is 27.7 Å². The molecule has 0 radical (unpaired) electrons. The van der Waals surface area contributed by atoms with Crippen LogP contribution in [0, 0.1) is 34.5 Å². The monoisotopic (exact) mass is 522 g/mol. The van der Waals surface area contributed by atoms with Crippen molar-refractivity contribution in [2.45, 2.75) is 115 Å². The normalized spacial score (nSPS) is 43.8. The molecule has 4 aliphatic carbocycles. The van der Waals surface area contributed by atoms with Crippen LogP contribution in [0.4, 0.5) is 0 Å². The van der Waals surface area contributed by atoms with Gasteiger partial charge >= 0.3 is 5.97 Å². The van der Waals surface area contributed by atoms with Gasteiger partial charge in [0.15, 0.2) is 5.78 Å². The predicted octanol–water partition coefficient (Wildman–Crippen LogP) is 2.28. The summed E-state index contributed by atoms with van der Waals surface area (Å²) in [7, 11) is 0. The number of ether oxygens (including phenoxy) is 1. The van der Waals surface area contributed by atoms with Gasteiger partial charge in [0.25, 0.3) is 0 Å². The number of aliphatic hydroxyl groups is 5. The lowest BCUT2D eigenvalue weighted by Crippen LogP contribution is -2.63. The van der Waals surface area contributed by atoms with Crippen molar-refractivity contribution in [1.29, 1.82) is 0 Å². The maximum absolute atomic E-state index is 13.4. The Morgan fingerprint density at radius 1 is 1.14 bits per heavy atom. The van der Waals surface area contributed by atoms with E-state index >= 15 is 0 Å². The van der Waals surface area contributed by atoms with Crippen LogP contribution in [0.2, 0.25) is 0 Å². The zero-order valence-corrected chi connectivity index (χ0v) is 22.9. The Bertz CT molecular complexity index is 942. The molecule has 0 bridgehead atoms. The molecule has 0 aromatic carbocycles. The summed E-state index contributed by atoms with van der Waals surface area (Å²) in [5, 5.41) is 54.5. The van der Waals surface area contributed by atoms with Gasteiger partial charge < -0.3 is 30.3 Å². The van der Waals surface area contributed by atoms with E-state index < -0.39 is 64.8 Å². The Morgan fingerprint density at radius 3 is 2.43 bits per heavy atom. The van der Waals surface area contributed by atoms with Gasteiger partial charge in [0.2, 0.25) is 0 Å². The number of carbonyl (C=O) groups excluding carboxylic acids is 2. The third-order valence-corrected chi connectivity index (χ3v) is 10.9. The first-order chi connectivity index (χ1) is 17.1. The van der Waals surface area contributed by atoms with Crippen molar-refractivity contribution in [3.8, 4) is 0 Å². The molecular weight excluding hydrogens is 476 g/mol. The molecule has 5 N–H and O–H groups in total. The molecule has 0 aromatic rings. The summed E-state index contributed by atoms with van der Waals surface area (Å²) in [4.78, 5) is 25.4. The molecule has 10 atom stereocenters. The molecule has 0 heterocycles. The zero-order chi connectivity index (χ0) is 27.6. The molecule has 0 spiro atoms. The van der Waals surface area contributed by atoms with Crippen LogP contribution in [-0.4, -0.2) is 73.4 Å². The maximum Gasteiger partial charge on any atom is 0.332 e. The third kappa shape index (κ3) is 4.41. The molecule has 4 aliphatic rings. The van der Waals surface area contributed by atoms with Crippen LogP contribution in [0.3, 0.4) is 0 Å². The smallest absolute Gasteiger partial charge is 0.332 e. The van der Waals surface area contributed by atoms with Crippen molar-refractivity contribution < 1.29 is 39.9 Å². The van der Waals surface area contributed by atoms with E-state index in [1.54, 1.807) is 13.0 Å². The first kappa shape index (κ1) is 28.7. The van der Waals surface area contributed by atoms with E-state index in [-0.39, 0.29) is 18.1 Å². The summed E-state index contributed by atoms with van der Waals surface area (Å²) >= 11 is 0. The fraction of sp³-hybridized carbons (Fsp3) is 0.862. The molecule has 4 rings (SSSR count). The van der Waals surface area contributed by atoms with Crippen LogP contribution >= 0.6 is 0 Å². The van der Waals surface area contributed by atoms with Gasteiger partial charge in [-0.25, -0.2) is 4.79 Å². The lowest BCUT2D eigenvalue weighted by Gasteiger charge is -2.60. The Hall–Kier alpha value is -1.32. The topological polar surface area (TPSA) is 145 Å². The van der Waals surface area contributed by atoms with Crippen LogP contribution in [0.15, 0.2) is 11.6 Å². The summed E-state index contributed by atoms with van der Waals surface area (Å²) in [6.07, 6.45) is 2.76. The van der Waals surface area contributed by atoms with Gasteiger partial charge in [-0.15, -0.1) is 0 Å². The Kier molecular flexibility index (Phi) is 7.52. The highest BCUT2D eigenvalue weighted by Crippen LogP contribution is 2.68. The molecule has 1 unspecified atom stereocenters. The number of ketones is 1. The van der Waals surface area contributed by atoms with Crippen molar-refractivity contribution in [3.63, 3.8) is 0 Å². The van der Waals surface area contributed by atoms with Crippen molar-refractivity contribution in [2.75, 3.05) is 6.61 Å². The van der Waals surface area contributed by atoms with Gasteiger partial charge in [-0.2, -0.15) is 0 Å². The second kappa shape index (κ2) is 9.70. The van der Waals surface area contributed by atoms with Crippen LogP contribution in [0.25, 0.3) is 0 Å². The minimum Gasteiger partial charge on any atom is -0.458 e. The number of hydrogen-bond acceptors (Lipinski definition) is 8. The van der Waals surface area contributed by atoms with Gasteiger partial charge in [0.1, 0.15) is 18.3 Å². The van der Waals surface area contributed by atoms with Gasteiger partial charge in [-0.05, 0) is 93.1 Å². The van der Waals surface area contributed by atoms with E-state index in [2.05, 4.69) is 13.8 Å². The van der Waals surface area contributed by atoms with Gasteiger partial charge in [0, 0.05) is 11.3 Å². The van der Waals surface area contributed by atoms with E-state index in [9.17, 15) is 35.1 Å². The van der Waals surface area contributed by atoms with Crippen LogP contribution in [-0.2, 0) is 14.3 Å².